The average Bonchev–Trinajstić information content (AvgIpc) is 3.05. The van der Waals surface area contributed by atoms with Gasteiger partial charge in [0.25, 0.3) is 5.91 Å². The number of carbonyl (C=O) groups is 1. The first-order chi connectivity index (χ1) is 19.2. The lowest BCUT2D eigenvalue weighted by Crippen LogP contribution is -2.54. The van der Waals surface area contributed by atoms with Crippen molar-refractivity contribution in [1.29, 1.82) is 0 Å². The van der Waals surface area contributed by atoms with Crippen molar-refractivity contribution >= 4 is 33.1 Å². The van der Waals surface area contributed by atoms with Crippen LogP contribution in [0.4, 0.5) is 17.3 Å². The van der Waals surface area contributed by atoms with Gasteiger partial charge in [-0.1, -0.05) is 12.0 Å². The van der Waals surface area contributed by atoms with E-state index in [9.17, 15) is 13.2 Å². The van der Waals surface area contributed by atoms with Crippen LogP contribution in [-0.2, 0) is 14.6 Å². The molecule has 0 radical (unpaired) electrons. The predicted octanol–water partition coefficient (Wildman–Crippen LogP) is 2.63. The number of anilines is 3. The second kappa shape index (κ2) is 10.6. The molecule has 4 aliphatic rings. The highest BCUT2D eigenvalue weighted by Crippen LogP contribution is 2.45. The number of hydrogen-bond donors (Lipinski definition) is 1. The van der Waals surface area contributed by atoms with Crippen molar-refractivity contribution in [2.24, 2.45) is 0 Å². The van der Waals surface area contributed by atoms with E-state index in [4.69, 9.17) is 4.74 Å². The standard InChI is InChI=1S/C29H36N6O4S/c1-4-5-25(36)33-8-6-23(7-9-33)35-16-22(17-35)21-14-19(2)27-24(15-21)32-28-26(20(3)39-27)29(31-18-30-28)34-10-12-40(37,38)13-11-34/h14-15,18,20,22-23H,6-13,16-17H2,1-3H3,(H,30,31,32)/t20-/m1/s1. The van der Waals surface area contributed by atoms with Crippen molar-refractivity contribution in [1.82, 2.24) is 19.8 Å². The number of sulfone groups is 1. The van der Waals surface area contributed by atoms with Gasteiger partial charge in [-0.05, 0) is 56.7 Å². The first-order valence-electron chi connectivity index (χ1n) is 14.1. The summed E-state index contributed by atoms with van der Waals surface area (Å²) in [4.78, 5) is 27.6. The molecule has 1 aromatic heterocycles. The number of rotatable bonds is 3. The summed E-state index contributed by atoms with van der Waals surface area (Å²) in [6.07, 6.45) is 3.21. The summed E-state index contributed by atoms with van der Waals surface area (Å²) in [5.74, 6) is 8.23. The molecule has 0 spiro atoms. The minimum absolute atomic E-state index is 0.0604. The van der Waals surface area contributed by atoms with E-state index >= 15 is 0 Å². The van der Waals surface area contributed by atoms with Gasteiger partial charge in [-0.2, -0.15) is 0 Å². The lowest BCUT2D eigenvalue weighted by molar-refractivity contribution is -0.126. The van der Waals surface area contributed by atoms with Crippen LogP contribution in [0.25, 0.3) is 0 Å². The molecule has 10 nitrogen and oxygen atoms in total. The summed E-state index contributed by atoms with van der Waals surface area (Å²) in [5, 5.41) is 3.53. The van der Waals surface area contributed by atoms with Crippen LogP contribution in [0.3, 0.4) is 0 Å². The Labute approximate surface area is 236 Å². The molecule has 0 saturated carbocycles. The number of benzene rings is 1. The van der Waals surface area contributed by atoms with Gasteiger partial charge in [0.1, 0.15) is 29.8 Å². The van der Waals surface area contributed by atoms with Crippen LogP contribution in [-0.4, -0.2) is 90.9 Å². The number of aryl methyl sites for hydroxylation is 1. The average molecular weight is 565 g/mol. The van der Waals surface area contributed by atoms with Gasteiger partial charge in [-0.3, -0.25) is 9.69 Å². The highest BCUT2D eigenvalue weighted by Gasteiger charge is 2.37. The Morgan fingerprint density at radius 2 is 1.82 bits per heavy atom. The SMILES string of the molecule is CC#CC(=O)N1CCC(N2CC(c3cc(C)c4c(c3)Nc3ncnc(N5CCS(=O)(=O)CC5)c3[C@@H](C)O4)C2)CC1. The number of amides is 1. The van der Waals surface area contributed by atoms with Crippen molar-refractivity contribution in [2.75, 3.05) is 61.0 Å². The van der Waals surface area contributed by atoms with Crippen LogP contribution >= 0.6 is 0 Å². The van der Waals surface area contributed by atoms with Crippen LogP contribution in [0.2, 0.25) is 0 Å². The Hall–Kier alpha value is -3.36. The van der Waals surface area contributed by atoms with Crippen molar-refractivity contribution in [3.8, 4) is 17.6 Å². The second-order valence-electron chi connectivity index (χ2n) is 11.2. The summed E-state index contributed by atoms with van der Waals surface area (Å²) in [6.45, 7) is 10.1. The van der Waals surface area contributed by atoms with Crippen LogP contribution in [0.1, 0.15) is 55.4 Å². The van der Waals surface area contributed by atoms with Gasteiger partial charge in [0.15, 0.2) is 9.84 Å². The highest BCUT2D eigenvalue weighted by atomic mass is 32.2. The summed E-state index contributed by atoms with van der Waals surface area (Å²) < 4.78 is 30.5. The molecule has 6 rings (SSSR count). The summed E-state index contributed by atoms with van der Waals surface area (Å²) in [5.41, 5.74) is 4.10. The molecule has 3 saturated heterocycles. The quantitative estimate of drug-likeness (QED) is 0.563. The monoisotopic (exact) mass is 564 g/mol. The van der Waals surface area contributed by atoms with E-state index in [1.54, 1.807) is 6.92 Å². The van der Waals surface area contributed by atoms with Gasteiger partial charge < -0.3 is 19.9 Å². The van der Waals surface area contributed by atoms with E-state index in [1.807, 2.05) is 16.7 Å². The molecule has 0 bridgehead atoms. The molecule has 5 heterocycles. The fourth-order valence-corrected chi connectivity index (χ4v) is 7.53. The van der Waals surface area contributed by atoms with Crippen LogP contribution in [0, 0.1) is 18.8 Å². The molecule has 3 fully saturated rings. The predicted molar refractivity (Wildman–Crippen MR) is 154 cm³/mol. The molecular formula is C29H36N6O4S. The van der Waals surface area contributed by atoms with Crippen molar-refractivity contribution < 1.29 is 17.9 Å². The molecule has 1 aromatic carbocycles. The largest absolute Gasteiger partial charge is 0.483 e. The van der Waals surface area contributed by atoms with Gasteiger partial charge in [0, 0.05) is 51.2 Å². The molecule has 4 aliphatic heterocycles. The van der Waals surface area contributed by atoms with Gasteiger partial charge in [-0.15, -0.1) is 0 Å². The normalized spacial score (nSPS) is 22.9. The number of nitrogens with zero attached hydrogens (tertiary/aromatic N) is 5. The molecule has 0 aliphatic carbocycles. The molecule has 1 N–H and O–H groups in total. The van der Waals surface area contributed by atoms with Gasteiger partial charge in [-0.25, -0.2) is 18.4 Å². The lowest BCUT2D eigenvalue weighted by Gasteiger charge is -2.47. The van der Waals surface area contributed by atoms with Crippen molar-refractivity contribution in [2.45, 2.75) is 51.7 Å². The van der Waals surface area contributed by atoms with Crippen molar-refractivity contribution in [3.05, 3.63) is 35.2 Å². The lowest BCUT2D eigenvalue weighted by atomic mass is 9.87. The number of fused-ring (bicyclic) bond motifs is 2. The number of nitrogens with one attached hydrogen (secondary N) is 1. The first-order valence-corrected chi connectivity index (χ1v) is 15.9. The Balaban J connectivity index is 1.16. The van der Waals surface area contributed by atoms with E-state index in [0.29, 0.717) is 30.9 Å². The Morgan fingerprint density at radius 1 is 1.10 bits per heavy atom. The summed E-state index contributed by atoms with van der Waals surface area (Å²) >= 11 is 0. The zero-order chi connectivity index (χ0) is 28.0. The maximum Gasteiger partial charge on any atom is 0.298 e. The number of ether oxygens (including phenoxy) is 1. The maximum atomic E-state index is 12.1. The number of piperidine rings is 1. The third kappa shape index (κ3) is 5.10. The van der Waals surface area contributed by atoms with Crippen LogP contribution in [0.15, 0.2) is 18.5 Å². The van der Waals surface area contributed by atoms with E-state index in [2.05, 4.69) is 51.1 Å². The maximum absolute atomic E-state index is 12.1. The van der Waals surface area contributed by atoms with E-state index < -0.39 is 9.84 Å². The Kier molecular flexibility index (Phi) is 7.09. The molecule has 0 unspecified atom stereocenters. The first kappa shape index (κ1) is 26.8. The number of aromatic nitrogens is 2. The number of carbonyl (C=O) groups excluding carboxylic acids is 1. The number of likely N-dealkylation sites (tertiary alicyclic amines) is 2. The van der Waals surface area contributed by atoms with Gasteiger partial charge in [0.2, 0.25) is 0 Å². The van der Waals surface area contributed by atoms with Crippen LogP contribution in [0.5, 0.6) is 5.75 Å². The minimum Gasteiger partial charge on any atom is -0.483 e. The third-order valence-corrected chi connectivity index (χ3v) is 10.2. The second-order valence-corrected chi connectivity index (χ2v) is 13.6. The Bertz CT molecular complexity index is 1470. The molecular weight excluding hydrogens is 528 g/mol. The fourth-order valence-electron chi connectivity index (χ4n) is 6.33. The zero-order valence-corrected chi connectivity index (χ0v) is 24.1. The zero-order valence-electron chi connectivity index (χ0n) is 23.3. The molecule has 1 amide bonds. The van der Waals surface area contributed by atoms with Crippen molar-refractivity contribution in [3.63, 3.8) is 0 Å². The molecule has 40 heavy (non-hydrogen) atoms. The number of hydrogen-bond acceptors (Lipinski definition) is 9. The van der Waals surface area contributed by atoms with E-state index in [0.717, 1.165) is 67.4 Å². The minimum atomic E-state index is -3.00. The van der Waals surface area contributed by atoms with E-state index in [1.165, 1.54) is 11.9 Å². The Morgan fingerprint density at radius 3 is 2.52 bits per heavy atom. The molecule has 2 aromatic rings. The van der Waals surface area contributed by atoms with Crippen LogP contribution < -0.4 is 15.0 Å². The molecule has 212 valence electrons. The molecule has 1 atom stereocenters. The topological polar surface area (TPSA) is 108 Å². The third-order valence-electron chi connectivity index (χ3n) is 8.64. The summed E-state index contributed by atoms with van der Waals surface area (Å²) in [6, 6.07) is 4.93. The van der Waals surface area contributed by atoms with Gasteiger partial charge in [0.05, 0.1) is 22.8 Å². The van der Waals surface area contributed by atoms with E-state index in [-0.39, 0.29) is 23.5 Å². The molecule has 11 heteroatoms. The summed E-state index contributed by atoms with van der Waals surface area (Å²) in [7, 11) is -3.00. The highest BCUT2D eigenvalue weighted by molar-refractivity contribution is 7.91. The van der Waals surface area contributed by atoms with Gasteiger partial charge >= 0.3 is 0 Å². The smallest absolute Gasteiger partial charge is 0.298 e. The fraction of sp³-hybridized carbons (Fsp3) is 0.552.